The molecule has 0 aliphatic carbocycles. The average molecular weight is 715 g/mol. The predicted octanol–water partition coefficient (Wildman–Crippen LogP) is 6.18. The van der Waals surface area contributed by atoms with Crippen LogP contribution in [-0.4, -0.2) is 59.6 Å². The van der Waals surface area contributed by atoms with Crippen molar-refractivity contribution in [2.75, 3.05) is 18.6 Å². The standard InChI is InChI=1S/C40H31FN4O6S/c1-50-33-15-9-27(10-16-33)37-35(39(46)45(40(47)36(37)22-42)32-19-20-52(48,49)25-32)21-29-23-44(31-5-3-2-4-6-31)43-38(29)28-11-17-34(18-12-28)51-24-26-7-13-30(41)14-8-26/h2-18,21,23,32H,19-20,24-25H2,1H3/b35-21-. The number of nitrogens with zero attached hydrogens (tertiary/aromatic N) is 4. The maximum atomic E-state index is 14.5. The lowest BCUT2D eigenvalue weighted by molar-refractivity contribution is -0.142. The summed E-state index contributed by atoms with van der Waals surface area (Å²) in [5.74, 6) is -1.30. The summed E-state index contributed by atoms with van der Waals surface area (Å²) in [7, 11) is -1.97. The number of halogens is 1. The molecule has 5 aromatic rings. The van der Waals surface area contributed by atoms with Crippen molar-refractivity contribution in [2.45, 2.75) is 19.1 Å². The Morgan fingerprint density at radius 2 is 1.58 bits per heavy atom. The van der Waals surface area contributed by atoms with Crippen molar-refractivity contribution in [1.29, 1.82) is 5.26 Å². The number of aromatic nitrogens is 2. The summed E-state index contributed by atoms with van der Waals surface area (Å²) in [4.78, 5) is 29.3. The molecule has 52 heavy (non-hydrogen) atoms. The number of ether oxygens (including phenoxy) is 2. The minimum absolute atomic E-state index is 0.0405. The lowest BCUT2D eigenvalue weighted by Crippen LogP contribution is -2.49. The van der Waals surface area contributed by atoms with E-state index in [0.29, 0.717) is 33.9 Å². The van der Waals surface area contributed by atoms with E-state index < -0.39 is 27.7 Å². The Labute approximate surface area is 299 Å². The third-order valence-electron chi connectivity index (χ3n) is 8.97. The zero-order valence-electron chi connectivity index (χ0n) is 27.9. The largest absolute Gasteiger partial charge is 0.497 e. The minimum atomic E-state index is -3.48. The Bertz CT molecular complexity index is 2380. The van der Waals surface area contributed by atoms with Gasteiger partial charge in [-0.2, -0.15) is 10.4 Å². The fraction of sp³-hybridized carbons (Fsp3) is 0.150. The first kappa shape index (κ1) is 34.1. The van der Waals surface area contributed by atoms with E-state index in [0.717, 1.165) is 16.2 Å². The van der Waals surface area contributed by atoms with Crippen molar-refractivity contribution in [2.24, 2.45) is 0 Å². The Balaban J connectivity index is 1.35. The van der Waals surface area contributed by atoms with Crippen LogP contribution in [0.25, 0.3) is 28.6 Å². The van der Waals surface area contributed by atoms with Gasteiger partial charge in [0, 0.05) is 22.9 Å². The molecule has 260 valence electrons. The van der Waals surface area contributed by atoms with Crippen molar-refractivity contribution in [1.82, 2.24) is 14.7 Å². The molecule has 1 unspecified atom stereocenters. The van der Waals surface area contributed by atoms with Gasteiger partial charge >= 0.3 is 0 Å². The second kappa shape index (κ2) is 14.1. The highest BCUT2D eigenvalue weighted by Gasteiger charge is 2.45. The summed E-state index contributed by atoms with van der Waals surface area (Å²) >= 11 is 0. The van der Waals surface area contributed by atoms with Gasteiger partial charge in [-0.05, 0) is 84.3 Å². The molecule has 2 amide bonds. The lowest BCUT2D eigenvalue weighted by atomic mass is 9.86. The first-order valence-corrected chi connectivity index (χ1v) is 18.2. The topological polar surface area (TPSA) is 132 Å². The van der Waals surface area contributed by atoms with Crippen LogP contribution in [0.2, 0.25) is 0 Å². The van der Waals surface area contributed by atoms with Crippen LogP contribution in [0.15, 0.2) is 120 Å². The maximum Gasteiger partial charge on any atom is 0.272 e. The second-order valence-corrected chi connectivity index (χ2v) is 14.6. The van der Waals surface area contributed by atoms with Crippen LogP contribution < -0.4 is 9.47 Å². The van der Waals surface area contributed by atoms with E-state index in [1.807, 2.05) is 48.5 Å². The molecule has 12 heteroatoms. The van der Waals surface area contributed by atoms with Crippen molar-refractivity contribution in [3.8, 4) is 34.5 Å². The zero-order chi connectivity index (χ0) is 36.4. The molecule has 1 fully saturated rings. The Morgan fingerprint density at radius 3 is 2.21 bits per heavy atom. The number of benzene rings is 4. The molecular formula is C40H31FN4O6S. The van der Waals surface area contributed by atoms with Crippen LogP contribution in [0.1, 0.15) is 23.1 Å². The molecule has 0 saturated carbocycles. The molecule has 2 aliphatic heterocycles. The molecule has 10 nitrogen and oxygen atoms in total. The lowest BCUT2D eigenvalue weighted by Gasteiger charge is -2.32. The maximum absolute atomic E-state index is 14.5. The fourth-order valence-corrected chi connectivity index (χ4v) is 8.04. The number of carbonyl (C=O) groups is 2. The SMILES string of the molecule is COc1ccc(C2=C(C#N)C(=O)N(C3CCS(=O)(=O)C3)C(=O)/C2=C\c2cn(-c3ccccc3)nc2-c2ccc(OCc3ccc(F)cc3)cc2)cc1. The molecule has 4 aromatic carbocycles. The number of rotatable bonds is 9. The normalized spacial score (nSPS) is 17.8. The highest BCUT2D eigenvalue weighted by molar-refractivity contribution is 7.91. The van der Waals surface area contributed by atoms with Crippen molar-refractivity contribution in [3.63, 3.8) is 0 Å². The van der Waals surface area contributed by atoms with Gasteiger partial charge in [0.2, 0.25) is 0 Å². The van der Waals surface area contributed by atoms with Gasteiger partial charge in [-0.3, -0.25) is 14.5 Å². The van der Waals surface area contributed by atoms with Crippen LogP contribution >= 0.6 is 0 Å². The van der Waals surface area contributed by atoms with E-state index in [2.05, 4.69) is 0 Å². The molecule has 3 heterocycles. The van der Waals surface area contributed by atoms with Crippen LogP contribution in [0, 0.1) is 17.1 Å². The third-order valence-corrected chi connectivity index (χ3v) is 10.7. The molecule has 0 N–H and O–H groups in total. The zero-order valence-corrected chi connectivity index (χ0v) is 28.7. The van der Waals surface area contributed by atoms with Gasteiger partial charge in [-0.15, -0.1) is 0 Å². The summed E-state index contributed by atoms with van der Waals surface area (Å²) in [5, 5.41) is 15.3. The van der Waals surface area contributed by atoms with Crippen molar-refractivity contribution >= 4 is 33.3 Å². The number of hydrogen-bond donors (Lipinski definition) is 0. The number of nitriles is 1. The van der Waals surface area contributed by atoms with E-state index in [9.17, 15) is 27.7 Å². The smallest absolute Gasteiger partial charge is 0.272 e. The molecule has 1 saturated heterocycles. The molecule has 7 rings (SSSR count). The molecule has 2 aliphatic rings. The second-order valence-electron chi connectivity index (χ2n) is 12.3. The van der Waals surface area contributed by atoms with Crippen LogP contribution in [0.5, 0.6) is 11.5 Å². The third kappa shape index (κ3) is 6.86. The molecule has 1 atom stereocenters. The van der Waals surface area contributed by atoms with E-state index in [1.165, 1.54) is 19.2 Å². The minimum Gasteiger partial charge on any atom is -0.497 e. The number of sulfone groups is 1. The molecular weight excluding hydrogens is 684 g/mol. The highest BCUT2D eigenvalue weighted by atomic mass is 32.2. The number of methoxy groups -OCH3 is 1. The van der Waals surface area contributed by atoms with Gasteiger partial charge in [0.15, 0.2) is 9.84 Å². The number of hydrogen-bond acceptors (Lipinski definition) is 8. The van der Waals surface area contributed by atoms with Gasteiger partial charge in [0.05, 0.1) is 41.6 Å². The number of carbonyl (C=O) groups excluding carboxylic acids is 2. The summed E-state index contributed by atoms with van der Waals surface area (Å²) in [5.41, 5.74) is 3.56. The van der Waals surface area contributed by atoms with Crippen LogP contribution in [0.3, 0.4) is 0 Å². The van der Waals surface area contributed by atoms with E-state index >= 15 is 0 Å². The summed E-state index contributed by atoms with van der Waals surface area (Å²) in [6.07, 6.45) is 3.43. The Hall–Kier alpha value is -6.32. The van der Waals surface area contributed by atoms with Crippen molar-refractivity contribution in [3.05, 3.63) is 143 Å². The van der Waals surface area contributed by atoms with Crippen LogP contribution in [0.4, 0.5) is 4.39 Å². The van der Waals surface area contributed by atoms with E-state index in [4.69, 9.17) is 14.6 Å². The number of imide groups is 1. The van der Waals surface area contributed by atoms with Gasteiger partial charge in [0.1, 0.15) is 35.6 Å². The average Bonchev–Trinajstić information content (AvgIpc) is 3.75. The van der Waals surface area contributed by atoms with Gasteiger partial charge in [-0.25, -0.2) is 17.5 Å². The molecule has 0 spiro atoms. The van der Waals surface area contributed by atoms with E-state index in [1.54, 1.807) is 65.5 Å². The van der Waals surface area contributed by atoms with Crippen molar-refractivity contribution < 1.29 is 31.9 Å². The van der Waals surface area contributed by atoms with Crippen LogP contribution in [-0.2, 0) is 26.0 Å². The number of amides is 2. The summed E-state index contributed by atoms with van der Waals surface area (Å²) in [6.45, 7) is 0.237. The van der Waals surface area contributed by atoms with Gasteiger partial charge in [-0.1, -0.05) is 42.5 Å². The molecule has 0 radical (unpaired) electrons. The summed E-state index contributed by atoms with van der Waals surface area (Å²) in [6, 6.07) is 30.4. The predicted molar refractivity (Wildman–Crippen MR) is 192 cm³/mol. The first-order chi connectivity index (χ1) is 25.1. The Kier molecular flexibility index (Phi) is 9.28. The molecule has 0 bridgehead atoms. The fourth-order valence-electron chi connectivity index (χ4n) is 6.34. The molecule has 1 aromatic heterocycles. The summed E-state index contributed by atoms with van der Waals surface area (Å²) < 4.78 is 51.2. The monoisotopic (exact) mass is 714 g/mol. The highest BCUT2D eigenvalue weighted by Crippen LogP contribution is 2.39. The Morgan fingerprint density at radius 1 is 0.904 bits per heavy atom. The van der Waals surface area contributed by atoms with E-state index in [-0.39, 0.29) is 47.1 Å². The number of para-hydroxylation sites is 1. The van der Waals surface area contributed by atoms with Gasteiger partial charge < -0.3 is 9.47 Å². The quantitative estimate of drug-likeness (QED) is 0.131. The van der Waals surface area contributed by atoms with Gasteiger partial charge in [0.25, 0.3) is 11.8 Å². The first-order valence-electron chi connectivity index (χ1n) is 16.4.